The molecule has 0 aliphatic heterocycles. The minimum absolute atomic E-state index is 0.0543. The van der Waals surface area contributed by atoms with Crippen LogP contribution in [-0.2, 0) is 11.3 Å². The summed E-state index contributed by atoms with van der Waals surface area (Å²) in [6.07, 6.45) is 0.0543. The van der Waals surface area contributed by atoms with Gasteiger partial charge < -0.3 is 10.6 Å². The Labute approximate surface area is 175 Å². The first kappa shape index (κ1) is 19.5. The van der Waals surface area contributed by atoms with Gasteiger partial charge in [0.05, 0.1) is 16.8 Å². The van der Waals surface area contributed by atoms with Gasteiger partial charge in [0.2, 0.25) is 5.91 Å². The monoisotopic (exact) mass is 419 g/mol. The lowest BCUT2D eigenvalue weighted by atomic mass is 10.2. The summed E-state index contributed by atoms with van der Waals surface area (Å²) < 4.78 is 1.18. The van der Waals surface area contributed by atoms with Crippen LogP contribution in [0, 0.1) is 0 Å². The Morgan fingerprint density at radius 3 is 2.57 bits per heavy atom. The number of nitrogens with one attached hydrogen (secondary N) is 2. The molecule has 9 heteroatoms. The zero-order valence-corrected chi connectivity index (χ0v) is 16.6. The second-order valence-electron chi connectivity index (χ2n) is 6.45. The van der Waals surface area contributed by atoms with Gasteiger partial charge in [-0.3, -0.25) is 14.4 Å². The van der Waals surface area contributed by atoms with Gasteiger partial charge in [0, 0.05) is 17.8 Å². The Hall–Kier alpha value is -3.85. The zero-order chi connectivity index (χ0) is 20.9. The van der Waals surface area contributed by atoms with Crippen LogP contribution >= 0.6 is 11.3 Å². The predicted octanol–water partition coefficient (Wildman–Crippen LogP) is 3.13. The average molecular weight is 419 g/mol. The highest BCUT2D eigenvalue weighted by atomic mass is 32.1. The molecule has 0 spiro atoms. The van der Waals surface area contributed by atoms with Gasteiger partial charge in [0.25, 0.3) is 11.5 Å². The number of nitrogens with zero attached hydrogens (tertiary/aromatic N) is 3. The highest BCUT2D eigenvalue weighted by molar-refractivity contribution is 7.12. The maximum Gasteiger partial charge on any atom is 0.277 e. The van der Waals surface area contributed by atoms with Crippen LogP contribution in [0.25, 0.3) is 10.9 Å². The smallest absolute Gasteiger partial charge is 0.277 e. The molecule has 0 bridgehead atoms. The standard InChI is InChI=1S/C21H17N5O3S/c27-19(10-11-26-21(29)16-7-1-2-8-17(16)24-25-26)22-14-5-3-6-15(13-14)23-20(28)18-9-4-12-30-18/h1-9,12-13H,10-11H2,(H,22,27)(H,23,28). The van der Waals surface area contributed by atoms with E-state index in [0.29, 0.717) is 27.2 Å². The van der Waals surface area contributed by atoms with Gasteiger partial charge in [-0.25, -0.2) is 4.68 Å². The van der Waals surface area contributed by atoms with Crippen molar-refractivity contribution in [2.75, 3.05) is 10.6 Å². The minimum Gasteiger partial charge on any atom is -0.326 e. The van der Waals surface area contributed by atoms with E-state index in [4.69, 9.17) is 0 Å². The van der Waals surface area contributed by atoms with Crippen molar-refractivity contribution < 1.29 is 9.59 Å². The van der Waals surface area contributed by atoms with Gasteiger partial charge >= 0.3 is 0 Å². The first-order valence-electron chi connectivity index (χ1n) is 9.17. The molecule has 0 saturated carbocycles. The Bertz CT molecular complexity index is 1270. The van der Waals surface area contributed by atoms with Crippen LogP contribution in [0.5, 0.6) is 0 Å². The van der Waals surface area contributed by atoms with E-state index in [1.54, 1.807) is 54.6 Å². The first-order valence-corrected chi connectivity index (χ1v) is 10.1. The van der Waals surface area contributed by atoms with E-state index in [0.717, 1.165) is 0 Å². The van der Waals surface area contributed by atoms with Crippen LogP contribution < -0.4 is 16.2 Å². The van der Waals surface area contributed by atoms with Crippen molar-refractivity contribution in [1.82, 2.24) is 15.0 Å². The van der Waals surface area contributed by atoms with Gasteiger partial charge in [0.15, 0.2) is 0 Å². The number of fused-ring (bicyclic) bond motifs is 1. The predicted molar refractivity (Wildman–Crippen MR) is 116 cm³/mol. The number of aryl methyl sites for hydroxylation is 1. The molecule has 0 saturated heterocycles. The second-order valence-corrected chi connectivity index (χ2v) is 7.39. The Morgan fingerprint density at radius 2 is 1.77 bits per heavy atom. The fourth-order valence-corrected chi connectivity index (χ4v) is 3.49. The summed E-state index contributed by atoms with van der Waals surface area (Å²) in [5.74, 6) is -0.485. The number of carbonyl (C=O) groups is 2. The van der Waals surface area contributed by atoms with E-state index in [1.807, 2.05) is 11.4 Å². The summed E-state index contributed by atoms with van der Waals surface area (Å²) in [6, 6.07) is 17.4. The van der Waals surface area contributed by atoms with Crippen molar-refractivity contribution >= 4 is 45.4 Å². The molecular formula is C21H17N5O3S. The van der Waals surface area contributed by atoms with Crippen LogP contribution in [0.1, 0.15) is 16.1 Å². The van der Waals surface area contributed by atoms with Gasteiger partial charge in [-0.1, -0.05) is 29.5 Å². The highest BCUT2D eigenvalue weighted by Crippen LogP contribution is 2.18. The number of rotatable bonds is 6. The van der Waals surface area contributed by atoms with Gasteiger partial charge in [-0.05, 0) is 41.8 Å². The van der Waals surface area contributed by atoms with Gasteiger partial charge in [-0.2, -0.15) is 0 Å². The Balaban J connectivity index is 1.38. The lowest BCUT2D eigenvalue weighted by Gasteiger charge is -2.09. The Kier molecular flexibility index (Phi) is 5.62. The normalized spacial score (nSPS) is 10.7. The largest absolute Gasteiger partial charge is 0.326 e. The number of amides is 2. The average Bonchev–Trinajstić information content (AvgIpc) is 3.29. The molecule has 0 fully saturated rings. The van der Waals surface area contributed by atoms with Crippen molar-refractivity contribution in [2.45, 2.75) is 13.0 Å². The number of hydrogen-bond acceptors (Lipinski definition) is 6. The zero-order valence-electron chi connectivity index (χ0n) is 15.7. The third kappa shape index (κ3) is 4.41. The molecule has 4 aromatic rings. The SMILES string of the molecule is O=C(CCn1nnc2ccccc2c1=O)Nc1cccc(NC(=O)c2cccs2)c1. The summed E-state index contributed by atoms with van der Waals surface area (Å²) in [7, 11) is 0. The molecule has 0 unspecified atom stereocenters. The topological polar surface area (TPSA) is 106 Å². The maximum absolute atomic E-state index is 12.4. The van der Waals surface area contributed by atoms with Crippen molar-refractivity contribution in [3.8, 4) is 0 Å². The number of benzene rings is 2. The summed E-state index contributed by atoms with van der Waals surface area (Å²) >= 11 is 1.35. The molecule has 2 N–H and O–H groups in total. The second kappa shape index (κ2) is 8.66. The first-order chi connectivity index (χ1) is 14.6. The van der Waals surface area contributed by atoms with Crippen molar-refractivity contribution in [2.24, 2.45) is 0 Å². The van der Waals surface area contributed by atoms with Crippen LogP contribution in [0.3, 0.4) is 0 Å². The third-order valence-electron chi connectivity index (χ3n) is 4.33. The quantitative estimate of drug-likeness (QED) is 0.499. The van der Waals surface area contributed by atoms with E-state index in [-0.39, 0.29) is 30.3 Å². The van der Waals surface area contributed by atoms with Gasteiger partial charge in [0.1, 0.15) is 5.52 Å². The Morgan fingerprint density at radius 1 is 0.967 bits per heavy atom. The van der Waals surface area contributed by atoms with Crippen LogP contribution in [0.15, 0.2) is 70.8 Å². The fourth-order valence-electron chi connectivity index (χ4n) is 2.88. The third-order valence-corrected chi connectivity index (χ3v) is 5.20. The van der Waals surface area contributed by atoms with E-state index in [1.165, 1.54) is 16.0 Å². The molecule has 2 heterocycles. The number of carbonyl (C=O) groups excluding carboxylic acids is 2. The molecule has 30 heavy (non-hydrogen) atoms. The fraction of sp³-hybridized carbons (Fsp3) is 0.0952. The molecule has 8 nitrogen and oxygen atoms in total. The van der Waals surface area contributed by atoms with Crippen LogP contribution in [0.2, 0.25) is 0 Å². The van der Waals surface area contributed by atoms with E-state index in [2.05, 4.69) is 20.9 Å². The molecule has 2 aromatic heterocycles. The molecule has 4 rings (SSSR count). The number of hydrogen-bond donors (Lipinski definition) is 2. The van der Waals surface area contributed by atoms with Crippen molar-refractivity contribution in [3.63, 3.8) is 0 Å². The van der Waals surface area contributed by atoms with E-state index >= 15 is 0 Å². The molecule has 0 aliphatic carbocycles. The lowest BCUT2D eigenvalue weighted by molar-refractivity contribution is -0.116. The molecular weight excluding hydrogens is 402 g/mol. The summed E-state index contributed by atoms with van der Waals surface area (Å²) in [6.45, 7) is 0.108. The van der Waals surface area contributed by atoms with E-state index in [9.17, 15) is 14.4 Å². The molecule has 2 amide bonds. The number of thiophene rings is 1. The highest BCUT2D eigenvalue weighted by Gasteiger charge is 2.10. The molecule has 0 radical (unpaired) electrons. The minimum atomic E-state index is -0.285. The lowest BCUT2D eigenvalue weighted by Crippen LogP contribution is -2.26. The van der Waals surface area contributed by atoms with E-state index < -0.39 is 0 Å². The van der Waals surface area contributed by atoms with Crippen molar-refractivity contribution in [1.29, 1.82) is 0 Å². The molecule has 0 atom stereocenters. The van der Waals surface area contributed by atoms with Crippen molar-refractivity contribution in [3.05, 3.63) is 81.3 Å². The number of anilines is 2. The molecule has 2 aromatic carbocycles. The summed E-state index contributed by atoms with van der Waals surface area (Å²) in [5.41, 5.74) is 1.35. The molecule has 0 aliphatic rings. The van der Waals surface area contributed by atoms with Crippen LogP contribution in [0.4, 0.5) is 11.4 Å². The summed E-state index contributed by atoms with van der Waals surface area (Å²) in [5, 5.41) is 15.7. The van der Waals surface area contributed by atoms with Crippen LogP contribution in [-0.4, -0.2) is 26.8 Å². The maximum atomic E-state index is 12.4. The molecule has 150 valence electrons. The number of aromatic nitrogens is 3. The summed E-state index contributed by atoms with van der Waals surface area (Å²) in [4.78, 5) is 37.5. The van der Waals surface area contributed by atoms with Gasteiger partial charge in [-0.15, -0.1) is 16.4 Å².